The Balaban J connectivity index is 1.17. The highest BCUT2D eigenvalue weighted by atomic mass is 16.5. The summed E-state index contributed by atoms with van der Waals surface area (Å²) >= 11 is 0. The normalized spacial score (nSPS) is 38.7. The van der Waals surface area contributed by atoms with E-state index in [1.807, 2.05) is 36.4 Å². The molecule has 12 saturated carbocycles. The van der Waals surface area contributed by atoms with Crippen LogP contribution in [-0.4, -0.2) is 0 Å². The van der Waals surface area contributed by atoms with Crippen molar-refractivity contribution in [2.75, 3.05) is 17.2 Å². The highest BCUT2D eigenvalue weighted by Gasteiger charge is 2.62. The van der Waals surface area contributed by atoms with Crippen LogP contribution in [0.15, 0.2) is 72.8 Å². The van der Waals surface area contributed by atoms with E-state index in [1.54, 1.807) is 5.56 Å². The van der Waals surface area contributed by atoms with Gasteiger partial charge < -0.3 is 31.4 Å². The zero-order valence-corrected chi connectivity index (χ0v) is 35.3. The zero-order valence-electron chi connectivity index (χ0n) is 35.3. The average Bonchev–Trinajstić information content (AvgIpc) is 3.19. The van der Waals surface area contributed by atoms with Gasteiger partial charge in [-0.1, -0.05) is 0 Å². The number of rotatable bonds is 9. The van der Waals surface area contributed by atoms with Gasteiger partial charge in [0.25, 0.3) is 0 Å². The van der Waals surface area contributed by atoms with Gasteiger partial charge in [0.05, 0.1) is 0 Å². The summed E-state index contributed by atoms with van der Waals surface area (Å²) in [5, 5.41) is 0. The Kier molecular flexibility index (Phi) is 7.93. The molecule has 60 heavy (non-hydrogen) atoms. The molecule has 12 aliphatic carbocycles. The predicted molar refractivity (Wildman–Crippen MR) is 239 cm³/mol. The molecule has 6 nitrogen and oxygen atoms in total. The van der Waals surface area contributed by atoms with Crippen molar-refractivity contribution in [2.24, 2.45) is 53.3 Å². The second kappa shape index (κ2) is 13.1. The molecular formula is C54H63N3O3. The first kappa shape index (κ1) is 36.3. The fourth-order valence-electron chi connectivity index (χ4n) is 17.7. The second-order valence-electron chi connectivity index (χ2n) is 22.7. The SMILES string of the molecule is Nc1ccc(Oc2c(Oc3ccc(N)cc3)c(C34CC5CC(CC(C5)C3)C4)c(C34CC5CC(CC(C5)C3)C4)c(Oc3ccc(N)cc3)c2C23CC4CC(CC(C4)C2)C3)cc1. The number of hydrogen-bond donors (Lipinski definition) is 3. The molecule has 4 aromatic carbocycles. The molecule has 312 valence electrons. The minimum Gasteiger partial charge on any atom is -0.457 e. The standard InChI is InChI=1S/C54H63N3O3/c55-40-1-7-43(8-2-40)58-49-46(52-22-31-13-32(23-52)15-33(14-31)24-52)47(53-25-34-16-35(26-53)18-36(17-34)27-53)50(59-44-9-3-41(56)4-10-44)51(60-45-11-5-42(57)6-12-45)48(49)54-28-37-19-38(29-54)21-39(20-37)30-54/h1-12,31-39H,13-30,55-57H2. The van der Waals surface area contributed by atoms with Crippen LogP contribution in [0.4, 0.5) is 17.1 Å². The molecule has 0 heterocycles. The fourth-order valence-corrected chi connectivity index (χ4v) is 17.7. The number of nitrogen functional groups attached to an aromatic ring is 3. The van der Waals surface area contributed by atoms with Gasteiger partial charge in [-0.05, 0) is 242 Å². The van der Waals surface area contributed by atoms with E-state index < -0.39 is 0 Å². The third-order valence-electron chi connectivity index (χ3n) is 18.4. The van der Waals surface area contributed by atoms with Crippen molar-refractivity contribution in [1.82, 2.24) is 0 Å². The Labute approximate surface area is 356 Å². The van der Waals surface area contributed by atoms with Crippen molar-refractivity contribution >= 4 is 17.1 Å². The summed E-state index contributed by atoms with van der Waals surface area (Å²) in [5.41, 5.74) is 25.6. The summed E-state index contributed by atoms with van der Waals surface area (Å²) < 4.78 is 23.3. The molecule has 12 aliphatic rings. The fraction of sp³-hybridized carbons (Fsp3) is 0.556. The van der Waals surface area contributed by atoms with E-state index in [4.69, 9.17) is 31.4 Å². The van der Waals surface area contributed by atoms with Crippen LogP contribution in [-0.2, 0) is 16.2 Å². The highest BCUT2D eigenvalue weighted by Crippen LogP contribution is 2.73. The van der Waals surface area contributed by atoms with Gasteiger partial charge in [0.1, 0.15) is 23.0 Å². The second-order valence-corrected chi connectivity index (χ2v) is 22.7. The van der Waals surface area contributed by atoms with Crippen molar-refractivity contribution in [3.8, 4) is 34.5 Å². The Bertz CT molecular complexity index is 2220. The molecule has 0 unspecified atom stereocenters. The van der Waals surface area contributed by atoms with Crippen LogP contribution in [0.25, 0.3) is 0 Å². The number of hydrogen-bond acceptors (Lipinski definition) is 6. The first-order valence-corrected chi connectivity index (χ1v) is 24.0. The van der Waals surface area contributed by atoms with Gasteiger partial charge in [-0.3, -0.25) is 0 Å². The average molecular weight is 802 g/mol. The molecular weight excluding hydrogens is 739 g/mol. The Morgan fingerprint density at radius 1 is 0.300 bits per heavy atom. The van der Waals surface area contributed by atoms with Crippen LogP contribution in [0.5, 0.6) is 34.5 Å². The lowest BCUT2D eigenvalue weighted by Gasteiger charge is -2.62. The molecule has 0 aromatic heterocycles. The number of anilines is 3. The molecule has 0 aliphatic heterocycles. The maximum atomic E-state index is 7.87. The van der Waals surface area contributed by atoms with Crippen molar-refractivity contribution in [1.29, 1.82) is 0 Å². The smallest absolute Gasteiger partial charge is 0.177 e. The van der Waals surface area contributed by atoms with Gasteiger partial charge in [0.15, 0.2) is 11.5 Å². The summed E-state index contributed by atoms with van der Waals surface area (Å²) in [6.07, 6.45) is 23.5. The molecule has 4 aromatic rings. The molecule has 0 radical (unpaired) electrons. The van der Waals surface area contributed by atoms with Gasteiger partial charge in [0, 0.05) is 50.0 Å². The lowest BCUT2D eigenvalue weighted by molar-refractivity contribution is -0.0205. The molecule has 12 fully saturated rings. The summed E-state index contributed by atoms with van der Waals surface area (Å²) in [6.45, 7) is 0. The van der Waals surface area contributed by atoms with Gasteiger partial charge >= 0.3 is 0 Å². The summed E-state index contributed by atoms with van der Waals surface area (Å²) in [7, 11) is 0. The zero-order chi connectivity index (χ0) is 40.0. The lowest BCUT2D eigenvalue weighted by atomic mass is 9.43. The van der Waals surface area contributed by atoms with E-state index >= 15 is 0 Å². The topological polar surface area (TPSA) is 106 Å². The molecule has 6 heteroatoms. The van der Waals surface area contributed by atoms with Gasteiger partial charge in [0.2, 0.25) is 0 Å². The minimum atomic E-state index is -0.0721. The van der Waals surface area contributed by atoms with Crippen molar-refractivity contribution in [3.63, 3.8) is 0 Å². The van der Waals surface area contributed by atoms with Crippen LogP contribution in [0.2, 0.25) is 0 Å². The van der Waals surface area contributed by atoms with E-state index in [-0.39, 0.29) is 16.2 Å². The first-order chi connectivity index (χ1) is 29.2. The molecule has 12 bridgehead atoms. The van der Waals surface area contributed by atoms with Gasteiger partial charge in [-0.15, -0.1) is 0 Å². The van der Waals surface area contributed by atoms with Crippen molar-refractivity contribution < 1.29 is 14.2 Å². The number of nitrogens with two attached hydrogens (primary N) is 3. The highest BCUT2D eigenvalue weighted by molar-refractivity contribution is 5.72. The third kappa shape index (κ3) is 5.77. The molecule has 0 saturated heterocycles. The van der Waals surface area contributed by atoms with Crippen molar-refractivity contribution in [2.45, 2.75) is 132 Å². The molecule has 0 amide bonds. The van der Waals surface area contributed by atoms with Crippen LogP contribution >= 0.6 is 0 Å². The Morgan fingerprint density at radius 3 is 0.800 bits per heavy atom. The predicted octanol–water partition coefficient (Wildman–Crippen LogP) is 13.2. The summed E-state index contributed by atoms with van der Waals surface area (Å²) in [6, 6.07) is 24.5. The Morgan fingerprint density at radius 2 is 0.517 bits per heavy atom. The third-order valence-corrected chi connectivity index (χ3v) is 18.4. The van der Waals surface area contributed by atoms with E-state index in [9.17, 15) is 0 Å². The summed E-state index contributed by atoms with van der Waals surface area (Å²) in [4.78, 5) is 0. The number of ether oxygens (including phenoxy) is 3. The number of benzene rings is 4. The monoisotopic (exact) mass is 801 g/mol. The quantitative estimate of drug-likeness (QED) is 0.146. The van der Waals surface area contributed by atoms with Crippen LogP contribution < -0.4 is 31.4 Å². The maximum Gasteiger partial charge on any atom is 0.177 e. The summed E-state index contributed by atoms with van der Waals surface area (Å²) in [5.74, 6) is 12.4. The maximum absolute atomic E-state index is 7.87. The molecule has 6 N–H and O–H groups in total. The Hall–Kier alpha value is -4.32. The first-order valence-electron chi connectivity index (χ1n) is 24.0. The molecule has 16 rings (SSSR count). The van der Waals surface area contributed by atoms with Crippen molar-refractivity contribution in [3.05, 3.63) is 89.5 Å². The largest absolute Gasteiger partial charge is 0.457 e. The molecule has 0 spiro atoms. The lowest BCUT2D eigenvalue weighted by Crippen LogP contribution is -2.53. The van der Waals surface area contributed by atoms with E-state index in [0.29, 0.717) is 0 Å². The molecule has 0 atom stereocenters. The van der Waals surface area contributed by atoms with E-state index in [2.05, 4.69) is 36.4 Å². The van der Waals surface area contributed by atoms with Gasteiger partial charge in [-0.2, -0.15) is 0 Å². The van der Waals surface area contributed by atoms with Crippen LogP contribution in [0.3, 0.4) is 0 Å². The van der Waals surface area contributed by atoms with Crippen LogP contribution in [0, 0.1) is 53.3 Å². The van der Waals surface area contributed by atoms with E-state index in [1.165, 1.54) is 127 Å². The van der Waals surface area contributed by atoms with Crippen LogP contribution in [0.1, 0.15) is 132 Å². The van der Waals surface area contributed by atoms with Gasteiger partial charge in [-0.25, -0.2) is 0 Å². The van der Waals surface area contributed by atoms with E-state index in [0.717, 1.165) is 105 Å². The minimum absolute atomic E-state index is 0.00495.